The number of ether oxygens (including phenoxy) is 3. The van der Waals surface area contributed by atoms with E-state index < -0.39 is 0 Å². The van der Waals surface area contributed by atoms with Gasteiger partial charge in [-0.2, -0.15) is 0 Å². The second kappa shape index (κ2) is 11.4. The number of hydrogen-bond acceptors (Lipinski definition) is 5. The van der Waals surface area contributed by atoms with E-state index >= 15 is 0 Å². The van der Waals surface area contributed by atoms with Gasteiger partial charge in [0.05, 0.1) is 25.3 Å². The van der Waals surface area contributed by atoms with Crippen LogP contribution in [0.5, 0.6) is 17.2 Å². The van der Waals surface area contributed by atoms with E-state index in [-0.39, 0.29) is 5.91 Å². The summed E-state index contributed by atoms with van der Waals surface area (Å²) in [6, 6.07) is 11.8. The van der Waals surface area contributed by atoms with Gasteiger partial charge in [0.15, 0.2) is 11.5 Å². The van der Waals surface area contributed by atoms with Crippen molar-refractivity contribution in [2.75, 3.05) is 47.0 Å². The number of hydrogen-bond donors (Lipinski definition) is 0. The number of methoxy groups -OCH3 is 2. The number of benzene rings is 2. The van der Waals surface area contributed by atoms with Crippen molar-refractivity contribution in [3.05, 3.63) is 52.0 Å². The molecule has 0 aliphatic carbocycles. The molecule has 0 aromatic heterocycles. The van der Waals surface area contributed by atoms with Gasteiger partial charge >= 0.3 is 0 Å². The summed E-state index contributed by atoms with van der Waals surface area (Å²) >= 11 is 3.54. The van der Waals surface area contributed by atoms with Crippen LogP contribution in [0.2, 0.25) is 0 Å². The molecule has 168 valence electrons. The second-order valence-corrected chi connectivity index (χ2v) is 8.46. The summed E-state index contributed by atoms with van der Waals surface area (Å²) in [6.45, 7) is 6.76. The molecule has 2 aromatic rings. The minimum atomic E-state index is 0.0207. The number of amides is 1. The highest BCUT2D eigenvalue weighted by Crippen LogP contribution is 2.37. The summed E-state index contributed by atoms with van der Waals surface area (Å²) in [5.41, 5.74) is 1.85. The molecule has 31 heavy (non-hydrogen) atoms. The third kappa shape index (κ3) is 6.14. The van der Waals surface area contributed by atoms with Gasteiger partial charge in [-0.25, -0.2) is 0 Å². The summed E-state index contributed by atoms with van der Waals surface area (Å²) in [4.78, 5) is 17.5. The van der Waals surface area contributed by atoms with Gasteiger partial charge in [0.25, 0.3) is 5.91 Å². The molecule has 1 heterocycles. The maximum atomic E-state index is 13.2. The van der Waals surface area contributed by atoms with Crippen LogP contribution in [0.4, 0.5) is 0 Å². The highest BCUT2D eigenvalue weighted by Gasteiger charge is 2.23. The average Bonchev–Trinajstić information content (AvgIpc) is 3.03. The zero-order valence-electron chi connectivity index (χ0n) is 18.5. The topological polar surface area (TPSA) is 51.2 Å². The Bertz CT molecular complexity index is 873. The fraction of sp³-hybridized carbons (Fsp3) is 0.458. The van der Waals surface area contributed by atoms with Gasteiger partial charge in [-0.3, -0.25) is 9.69 Å². The minimum Gasteiger partial charge on any atom is -0.497 e. The molecule has 7 heteroatoms. The predicted octanol–water partition coefficient (Wildman–Crippen LogP) is 4.60. The van der Waals surface area contributed by atoms with Crippen LogP contribution in [0.15, 0.2) is 40.9 Å². The van der Waals surface area contributed by atoms with Gasteiger partial charge in [-0.1, -0.05) is 19.1 Å². The van der Waals surface area contributed by atoms with Crippen LogP contribution in [0.25, 0.3) is 0 Å². The highest BCUT2D eigenvalue weighted by molar-refractivity contribution is 9.10. The lowest BCUT2D eigenvalue weighted by molar-refractivity contribution is 0.0760. The van der Waals surface area contributed by atoms with Crippen LogP contribution in [0.3, 0.4) is 0 Å². The zero-order chi connectivity index (χ0) is 22.2. The van der Waals surface area contributed by atoms with Gasteiger partial charge in [0.2, 0.25) is 0 Å². The van der Waals surface area contributed by atoms with Crippen molar-refractivity contribution < 1.29 is 19.0 Å². The summed E-state index contributed by atoms with van der Waals surface area (Å²) in [6.07, 6.45) is 1.84. The lowest BCUT2D eigenvalue weighted by Crippen LogP contribution is -2.35. The Hall–Kier alpha value is -2.25. The number of carbonyl (C=O) groups excluding carboxylic acids is 1. The third-order valence-electron chi connectivity index (χ3n) is 5.37. The first-order valence-electron chi connectivity index (χ1n) is 10.7. The van der Waals surface area contributed by atoms with Crippen LogP contribution < -0.4 is 14.2 Å². The fourth-order valence-electron chi connectivity index (χ4n) is 3.69. The van der Waals surface area contributed by atoms with Crippen LogP contribution >= 0.6 is 15.9 Å². The van der Waals surface area contributed by atoms with Crippen molar-refractivity contribution in [2.45, 2.75) is 26.3 Å². The molecule has 0 saturated carbocycles. The molecule has 0 spiro atoms. The predicted molar refractivity (Wildman–Crippen MR) is 125 cm³/mol. The molecule has 1 fully saturated rings. The van der Waals surface area contributed by atoms with Crippen LogP contribution in [0.1, 0.15) is 35.7 Å². The Morgan fingerprint density at radius 3 is 2.48 bits per heavy atom. The van der Waals surface area contributed by atoms with Crippen molar-refractivity contribution in [3.8, 4) is 17.2 Å². The molecule has 0 N–H and O–H groups in total. The van der Waals surface area contributed by atoms with Gasteiger partial charge < -0.3 is 19.1 Å². The molecular weight excluding hydrogens is 460 g/mol. The van der Waals surface area contributed by atoms with Crippen LogP contribution in [-0.2, 0) is 6.54 Å². The molecule has 1 saturated heterocycles. The Labute approximate surface area is 193 Å². The molecule has 0 radical (unpaired) electrons. The smallest absolute Gasteiger partial charge is 0.254 e. The van der Waals surface area contributed by atoms with Crippen molar-refractivity contribution in [1.29, 1.82) is 0 Å². The van der Waals surface area contributed by atoms with Gasteiger partial charge in [0.1, 0.15) is 5.75 Å². The summed E-state index contributed by atoms with van der Waals surface area (Å²) in [5.74, 6) is 2.10. The van der Waals surface area contributed by atoms with Gasteiger partial charge in [-0.15, -0.1) is 0 Å². The van der Waals surface area contributed by atoms with Crippen molar-refractivity contribution in [2.24, 2.45) is 0 Å². The van der Waals surface area contributed by atoms with Crippen molar-refractivity contribution >= 4 is 21.8 Å². The Morgan fingerprint density at radius 1 is 1.03 bits per heavy atom. The first-order chi connectivity index (χ1) is 15.0. The van der Waals surface area contributed by atoms with Gasteiger partial charge in [-0.05, 0) is 58.6 Å². The standard InChI is InChI=1S/C24H31BrN2O4/c1-4-14-31-23-21(25)15-19(16-22(23)30-3)24(28)27-11-5-10-26(12-13-27)17-18-6-8-20(29-2)9-7-18/h6-9,15-16H,4-5,10-14,17H2,1-3H3. The Kier molecular flexibility index (Phi) is 8.60. The van der Waals surface area contributed by atoms with E-state index in [0.717, 1.165) is 49.2 Å². The summed E-state index contributed by atoms with van der Waals surface area (Å²) in [7, 11) is 3.27. The molecule has 2 aromatic carbocycles. The van der Waals surface area contributed by atoms with E-state index in [1.165, 1.54) is 5.56 Å². The highest BCUT2D eigenvalue weighted by atomic mass is 79.9. The monoisotopic (exact) mass is 490 g/mol. The number of halogens is 1. The lowest BCUT2D eigenvalue weighted by Gasteiger charge is -2.23. The van der Waals surface area contributed by atoms with Crippen molar-refractivity contribution in [1.82, 2.24) is 9.80 Å². The molecule has 0 unspecified atom stereocenters. The fourth-order valence-corrected chi connectivity index (χ4v) is 4.25. The summed E-state index contributed by atoms with van der Waals surface area (Å²) < 4.78 is 17.2. The van der Waals surface area contributed by atoms with Crippen molar-refractivity contribution in [3.63, 3.8) is 0 Å². The largest absolute Gasteiger partial charge is 0.497 e. The van der Waals surface area contributed by atoms with Crippen LogP contribution in [-0.4, -0.2) is 62.7 Å². The molecule has 0 atom stereocenters. The average molecular weight is 491 g/mol. The lowest BCUT2D eigenvalue weighted by atomic mass is 10.1. The molecule has 1 aliphatic heterocycles. The second-order valence-electron chi connectivity index (χ2n) is 7.61. The van der Waals surface area contributed by atoms with E-state index in [2.05, 4.69) is 39.9 Å². The molecular formula is C24H31BrN2O4. The first-order valence-corrected chi connectivity index (χ1v) is 11.5. The molecule has 6 nitrogen and oxygen atoms in total. The number of nitrogens with zero attached hydrogens (tertiary/aromatic N) is 2. The molecule has 0 bridgehead atoms. The third-order valence-corrected chi connectivity index (χ3v) is 5.96. The van der Waals surface area contributed by atoms with E-state index in [9.17, 15) is 4.79 Å². The zero-order valence-corrected chi connectivity index (χ0v) is 20.1. The molecule has 3 rings (SSSR count). The van der Waals surface area contributed by atoms with E-state index in [1.807, 2.05) is 23.1 Å². The van der Waals surface area contributed by atoms with E-state index in [4.69, 9.17) is 14.2 Å². The van der Waals surface area contributed by atoms with E-state index in [0.29, 0.717) is 30.2 Å². The maximum Gasteiger partial charge on any atom is 0.254 e. The normalized spacial score (nSPS) is 14.8. The number of carbonyl (C=O) groups is 1. The van der Waals surface area contributed by atoms with E-state index in [1.54, 1.807) is 20.3 Å². The van der Waals surface area contributed by atoms with Crippen LogP contribution in [0, 0.1) is 0 Å². The minimum absolute atomic E-state index is 0.0207. The molecule has 1 aliphatic rings. The maximum absolute atomic E-state index is 13.2. The molecule has 1 amide bonds. The Morgan fingerprint density at radius 2 is 1.81 bits per heavy atom. The van der Waals surface area contributed by atoms with Gasteiger partial charge in [0, 0.05) is 38.3 Å². The quantitative estimate of drug-likeness (QED) is 0.540. The summed E-state index contributed by atoms with van der Waals surface area (Å²) in [5, 5.41) is 0. The first kappa shape index (κ1) is 23.4. The Balaban J connectivity index is 1.65. The SMILES string of the molecule is CCCOc1c(Br)cc(C(=O)N2CCCN(Cc3ccc(OC)cc3)CC2)cc1OC. The number of rotatable bonds is 8.